The number of aromatic nitrogens is 1. The highest BCUT2D eigenvalue weighted by atomic mass is 79.9. The molecule has 1 aromatic rings. The van der Waals surface area contributed by atoms with Gasteiger partial charge in [0.05, 0.1) is 12.8 Å². The molecule has 0 aromatic carbocycles. The fraction of sp³-hybridized carbons (Fsp3) is 0.455. The average Bonchev–Trinajstić information content (AvgIpc) is 3.04. The van der Waals surface area contributed by atoms with Gasteiger partial charge in [-0.3, -0.25) is 9.78 Å². The van der Waals surface area contributed by atoms with E-state index >= 15 is 0 Å². The van der Waals surface area contributed by atoms with Gasteiger partial charge in [0, 0.05) is 10.7 Å². The molecule has 0 amide bonds. The molecule has 1 atom stereocenters. The first kappa shape index (κ1) is 11.4. The van der Waals surface area contributed by atoms with E-state index < -0.39 is 11.9 Å². The number of rotatable bonds is 4. The second-order valence-electron chi connectivity index (χ2n) is 3.89. The van der Waals surface area contributed by atoms with Gasteiger partial charge in [-0.2, -0.15) is 0 Å². The Morgan fingerprint density at radius 3 is 2.88 bits per heavy atom. The van der Waals surface area contributed by atoms with Crippen LogP contribution in [-0.4, -0.2) is 23.2 Å². The first-order chi connectivity index (χ1) is 7.63. The number of carbonyl (C=O) groups is 1. The van der Waals surface area contributed by atoms with Crippen LogP contribution in [0.25, 0.3) is 0 Å². The summed E-state index contributed by atoms with van der Waals surface area (Å²) in [6.07, 6.45) is 3.52. The van der Waals surface area contributed by atoms with Gasteiger partial charge in [0.2, 0.25) is 0 Å². The molecule has 5 heteroatoms. The summed E-state index contributed by atoms with van der Waals surface area (Å²) in [5.74, 6) is -0.618. The molecule has 2 rings (SSSR count). The van der Waals surface area contributed by atoms with E-state index in [-0.39, 0.29) is 5.92 Å². The quantitative estimate of drug-likeness (QED) is 0.923. The molecule has 1 aliphatic carbocycles. The van der Waals surface area contributed by atoms with Gasteiger partial charge in [-0.1, -0.05) is 0 Å². The molecule has 1 unspecified atom stereocenters. The number of pyridine rings is 1. The van der Waals surface area contributed by atoms with Crippen LogP contribution in [0.3, 0.4) is 0 Å². The van der Waals surface area contributed by atoms with Gasteiger partial charge >= 0.3 is 5.97 Å². The minimum atomic E-state index is -0.823. The third kappa shape index (κ3) is 2.19. The van der Waals surface area contributed by atoms with Gasteiger partial charge in [0.15, 0.2) is 0 Å². The summed E-state index contributed by atoms with van der Waals surface area (Å²) in [6, 6.07) is 1.75. The zero-order valence-corrected chi connectivity index (χ0v) is 10.4. The van der Waals surface area contributed by atoms with Crippen molar-refractivity contribution < 1.29 is 14.6 Å². The number of methoxy groups -OCH3 is 1. The van der Waals surface area contributed by atoms with Crippen LogP contribution in [0.2, 0.25) is 0 Å². The number of nitrogens with zero attached hydrogens (tertiary/aromatic N) is 1. The number of halogens is 1. The Morgan fingerprint density at radius 2 is 2.38 bits per heavy atom. The number of ether oxygens (including phenoxy) is 1. The average molecular weight is 286 g/mol. The van der Waals surface area contributed by atoms with Crippen LogP contribution >= 0.6 is 15.9 Å². The Hall–Kier alpha value is -1.10. The molecular weight excluding hydrogens is 274 g/mol. The third-order valence-corrected chi connectivity index (χ3v) is 3.16. The zero-order chi connectivity index (χ0) is 11.7. The number of hydrogen-bond acceptors (Lipinski definition) is 3. The second kappa shape index (κ2) is 4.41. The van der Waals surface area contributed by atoms with E-state index in [0.29, 0.717) is 11.4 Å². The van der Waals surface area contributed by atoms with Gasteiger partial charge in [-0.15, -0.1) is 0 Å². The molecular formula is C11H12BrNO3. The SMILES string of the molecule is COc1cc(Br)cnc1C(C(=O)O)C1CC1. The Bertz CT molecular complexity index is 418. The van der Waals surface area contributed by atoms with E-state index in [9.17, 15) is 9.90 Å². The van der Waals surface area contributed by atoms with Crippen LogP contribution < -0.4 is 4.74 Å². The number of hydrogen-bond donors (Lipinski definition) is 1. The maximum atomic E-state index is 11.2. The lowest BCUT2D eigenvalue weighted by Gasteiger charge is -2.14. The summed E-state index contributed by atoms with van der Waals surface area (Å²) in [5.41, 5.74) is 0.528. The molecule has 16 heavy (non-hydrogen) atoms. The molecule has 1 aromatic heterocycles. The summed E-state index contributed by atoms with van der Waals surface area (Å²) in [7, 11) is 1.53. The Labute approximate surface area is 102 Å². The van der Waals surface area contributed by atoms with E-state index in [1.165, 1.54) is 7.11 Å². The molecule has 0 aliphatic heterocycles. The van der Waals surface area contributed by atoms with Gasteiger partial charge in [-0.05, 0) is 40.8 Å². The van der Waals surface area contributed by atoms with E-state index in [1.807, 2.05) is 0 Å². The second-order valence-corrected chi connectivity index (χ2v) is 4.81. The molecule has 1 heterocycles. The maximum Gasteiger partial charge on any atom is 0.313 e. The van der Waals surface area contributed by atoms with Crippen molar-refractivity contribution in [2.45, 2.75) is 18.8 Å². The fourth-order valence-electron chi connectivity index (χ4n) is 1.80. The summed E-state index contributed by atoms with van der Waals surface area (Å²) in [4.78, 5) is 15.4. The largest absolute Gasteiger partial charge is 0.495 e. The highest BCUT2D eigenvalue weighted by molar-refractivity contribution is 9.10. The van der Waals surface area contributed by atoms with Crippen LogP contribution in [0.5, 0.6) is 5.75 Å². The van der Waals surface area contributed by atoms with Crippen LogP contribution in [0.1, 0.15) is 24.5 Å². The number of carboxylic acid groups (broad SMARTS) is 1. The summed E-state index contributed by atoms with van der Waals surface area (Å²) < 4.78 is 5.96. The lowest BCUT2D eigenvalue weighted by Crippen LogP contribution is -2.16. The molecule has 0 bridgehead atoms. The smallest absolute Gasteiger partial charge is 0.313 e. The molecule has 1 fully saturated rings. The van der Waals surface area contributed by atoms with Crippen LogP contribution in [0.4, 0.5) is 0 Å². The minimum Gasteiger partial charge on any atom is -0.495 e. The molecule has 4 nitrogen and oxygen atoms in total. The standard InChI is InChI=1S/C11H12BrNO3/c1-16-8-4-7(12)5-13-10(8)9(11(14)15)6-2-3-6/h4-6,9H,2-3H2,1H3,(H,14,15). The fourth-order valence-corrected chi connectivity index (χ4v) is 2.11. The highest BCUT2D eigenvalue weighted by Crippen LogP contribution is 2.44. The van der Waals surface area contributed by atoms with Gasteiger partial charge in [0.1, 0.15) is 11.7 Å². The molecule has 86 valence electrons. The molecule has 0 saturated heterocycles. The van der Waals surface area contributed by atoms with Gasteiger partial charge in [-0.25, -0.2) is 0 Å². The van der Waals surface area contributed by atoms with Crippen molar-refractivity contribution in [2.75, 3.05) is 7.11 Å². The Kier molecular flexibility index (Phi) is 3.14. The van der Waals surface area contributed by atoms with E-state index in [0.717, 1.165) is 17.3 Å². The van der Waals surface area contributed by atoms with Crippen LogP contribution in [0.15, 0.2) is 16.7 Å². The summed E-state index contributed by atoms with van der Waals surface area (Å²) in [6.45, 7) is 0. The van der Waals surface area contributed by atoms with Crippen molar-refractivity contribution in [3.8, 4) is 5.75 Å². The van der Waals surface area contributed by atoms with E-state index in [2.05, 4.69) is 20.9 Å². The topological polar surface area (TPSA) is 59.4 Å². The van der Waals surface area contributed by atoms with Gasteiger partial charge in [0.25, 0.3) is 0 Å². The lowest BCUT2D eigenvalue weighted by atomic mass is 9.98. The first-order valence-corrected chi connectivity index (χ1v) is 5.85. The Balaban J connectivity index is 2.40. The molecule has 0 radical (unpaired) electrons. The third-order valence-electron chi connectivity index (χ3n) is 2.72. The normalized spacial score (nSPS) is 16.9. The molecule has 0 spiro atoms. The van der Waals surface area contributed by atoms with Gasteiger partial charge < -0.3 is 9.84 Å². The molecule has 1 saturated carbocycles. The Morgan fingerprint density at radius 1 is 1.69 bits per heavy atom. The molecule has 1 N–H and O–H groups in total. The highest BCUT2D eigenvalue weighted by Gasteiger charge is 2.39. The monoisotopic (exact) mass is 285 g/mol. The van der Waals surface area contributed by atoms with E-state index in [4.69, 9.17) is 4.74 Å². The zero-order valence-electron chi connectivity index (χ0n) is 8.81. The van der Waals surface area contributed by atoms with Crippen LogP contribution in [0, 0.1) is 5.92 Å². The molecule has 1 aliphatic rings. The van der Waals surface area contributed by atoms with Crippen molar-refractivity contribution in [2.24, 2.45) is 5.92 Å². The van der Waals surface area contributed by atoms with E-state index in [1.54, 1.807) is 12.3 Å². The van der Waals surface area contributed by atoms with Crippen LogP contribution in [-0.2, 0) is 4.79 Å². The number of carboxylic acids is 1. The summed E-state index contributed by atoms with van der Waals surface area (Å²) >= 11 is 3.29. The van der Waals surface area contributed by atoms with Crippen molar-refractivity contribution in [1.82, 2.24) is 4.98 Å². The lowest BCUT2D eigenvalue weighted by molar-refractivity contribution is -0.139. The maximum absolute atomic E-state index is 11.2. The predicted molar refractivity (Wildman–Crippen MR) is 61.6 cm³/mol. The van der Waals surface area contributed by atoms with Crippen molar-refractivity contribution in [3.05, 3.63) is 22.4 Å². The van der Waals surface area contributed by atoms with Crippen molar-refractivity contribution in [3.63, 3.8) is 0 Å². The van der Waals surface area contributed by atoms with Crippen molar-refractivity contribution >= 4 is 21.9 Å². The minimum absolute atomic E-state index is 0.208. The van der Waals surface area contributed by atoms with Crippen molar-refractivity contribution in [1.29, 1.82) is 0 Å². The summed E-state index contributed by atoms with van der Waals surface area (Å²) in [5, 5.41) is 9.22. The first-order valence-electron chi connectivity index (χ1n) is 5.05. The predicted octanol–water partition coefficient (Wildman–Crippen LogP) is 2.43. The number of aliphatic carboxylic acids is 1.